The third-order valence-corrected chi connectivity index (χ3v) is 1.54. The Bertz CT molecular complexity index is 277. The number of benzene rings is 1. The van der Waals surface area contributed by atoms with Crippen molar-refractivity contribution >= 4 is 22.9 Å². The first kappa shape index (κ1) is 8.08. The molecule has 0 aliphatic heterocycles. The number of hydrogen-bond donors (Lipinski definition) is 0. The van der Waals surface area contributed by atoms with E-state index in [0.717, 1.165) is 0 Å². The molecule has 11 heavy (non-hydrogen) atoms. The molecule has 0 heterocycles. The van der Waals surface area contributed by atoms with Crippen LogP contribution in [0.3, 0.4) is 0 Å². The minimum Gasteiger partial charge on any atom is -0.288 e. The third kappa shape index (κ3) is 1.95. The first-order valence-electron chi connectivity index (χ1n) is 3.32. The maximum atomic E-state index is 11.2. The molecule has 0 aromatic heterocycles. The molecule has 0 aliphatic rings. The van der Waals surface area contributed by atoms with Gasteiger partial charge in [-0.05, 0) is 6.92 Å². The number of thiocarbonyl (C=S) groups is 1. The van der Waals surface area contributed by atoms with E-state index >= 15 is 0 Å². The quantitative estimate of drug-likeness (QED) is 0.492. The van der Waals surface area contributed by atoms with Gasteiger partial charge in [0.15, 0.2) is 5.78 Å². The summed E-state index contributed by atoms with van der Waals surface area (Å²) >= 11 is 4.75. The Morgan fingerprint density at radius 3 is 2.27 bits per heavy atom. The standard InChI is InChI=1S/C9H8OS/c1-7(11)9(10)8-5-3-2-4-6-8/h2-6H,1H3. The highest BCUT2D eigenvalue weighted by molar-refractivity contribution is 7.82. The van der Waals surface area contributed by atoms with Crippen LogP contribution in [-0.2, 0) is 0 Å². The van der Waals surface area contributed by atoms with E-state index in [1.807, 2.05) is 18.2 Å². The fourth-order valence-electron chi connectivity index (χ4n) is 0.793. The molecular weight excluding hydrogens is 156 g/mol. The predicted molar refractivity (Wildman–Crippen MR) is 49.0 cm³/mol. The molecule has 0 saturated carbocycles. The molecule has 2 heteroatoms. The van der Waals surface area contributed by atoms with E-state index in [1.165, 1.54) is 0 Å². The smallest absolute Gasteiger partial charge is 0.199 e. The Morgan fingerprint density at radius 1 is 1.27 bits per heavy atom. The summed E-state index contributed by atoms with van der Waals surface area (Å²) in [5, 5.41) is 0. The summed E-state index contributed by atoms with van der Waals surface area (Å²) in [6.07, 6.45) is 0. The number of carbonyl (C=O) groups excluding carboxylic acids is 1. The molecule has 0 bridgehead atoms. The zero-order chi connectivity index (χ0) is 8.27. The van der Waals surface area contributed by atoms with E-state index in [2.05, 4.69) is 0 Å². The first-order chi connectivity index (χ1) is 5.22. The summed E-state index contributed by atoms with van der Waals surface area (Å²) < 4.78 is 0. The van der Waals surface area contributed by atoms with Crippen LogP contribution in [0.25, 0.3) is 0 Å². The minimum absolute atomic E-state index is 0.0550. The molecule has 1 aromatic rings. The topological polar surface area (TPSA) is 17.1 Å². The lowest BCUT2D eigenvalue weighted by Gasteiger charge is -1.95. The van der Waals surface area contributed by atoms with Crippen molar-refractivity contribution < 1.29 is 4.79 Å². The Kier molecular flexibility index (Phi) is 2.49. The number of rotatable bonds is 2. The van der Waals surface area contributed by atoms with Gasteiger partial charge < -0.3 is 0 Å². The number of hydrogen-bond acceptors (Lipinski definition) is 2. The van der Waals surface area contributed by atoms with Gasteiger partial charge in [0.2, 0.25) is 0 Å². The van der Waals surface area contributed by atoms with Gasteiger partial charge in [-0.15, -0.1) is 0 Å². The summed E-state index contributed by atoms with van der Waals surface area (Å²) in [6, 6.07) is 9.04. The Hall–Kier alpha value is -1.02. The zero-order valence-corrected chi connectivity index (χ0v) is 7.02. The van der Waals surface area contributed by atoms with E-state index < -0.39 is 0 Å². The van der Waals surface area contributed by atoms with Gasteiger partial charge in [-0.25, -0.2) is 0 Å². The van der Waals surface area contributed by atoms with Gasteiger partial charge in [0.1, 0.15) is 0 Å². The molecule has 0 saturated heterocycles. The summed E-state index contributed by atoms with van der Waals surface area (Å²) in [6.45, 7) is 1.64. The molecule has 0 N–H and O–H groups in total. The van der Waals surface area contributed by atoms with Gasteiger partial charge in [-0.2, -0.15) is 0 Å². The van der Waals surface area contributed by atoms with Crippen molar-refractivity contribution in [2.45, 2.75) is 6.92 Å². The van der Waals surface area contributed by atoms with E-state index in [-0.39, 0.29) is 5.78 Å². The molecule has 56 valence electrons. The maximum absolute atomic E-state index is 11.2. The molecule has 0 amide bonds. The van der Waals surface area contributed by atoms with Crippen LogP contribution in [0.5, 0.6) is 0 Å². The van der Waals surface area contributed by atoms with Gasteiger partial charge >= 0.3 is 0 Å². The summed E-state index contributed by atoms with van der Waals surface area (Å²) in [7, 11) is 0. The molecule has 1 aromatic carbocycles. The largest absolute Gasteiger partial charge is 0.288 e. The van der Waals surface area contributed by atoms with Crippen LogP contribution in [0.15, 0.2) is 30.3 Å². The zero-order valence-electron chi connectivity index (χ0n) is 6.20. The SMILES string of the molecule is CC(=S)C(=O)c1ccccc1. The maximum Gasteiger partial charge on any atom is 0.199 e. The van der Waals surface area contributed by atoms with Gasteiger partial charge in [-0.3, -0.25) is 4.79 Å². The molecule has 0 aliphatic carbocycles. The second-order valence-electron chi connectivity index (χ2n) is 2.25. The van der Waals surface area contributed by atoms with E-state index in [9.17, 15) is 4.79 Å². The average molecular weight is 164 g/mol. The van der Waals surface area contributed by atoms with Gasteiger partial charge in [0.05, 0.1) is 4.86 Å². The minimum atomic E-state index is -0.0550. The highest BCUT2D eigenvalue weighted by Crippen LogP contribution is 2.00. The number of carbonyl (C=O) groups is 1. The molecule has 0 unspecified atom stereocenters. The van der Waals surface area contributed by atoms with Crippen LogP contribution in [0, 0.1) is 0 Å². The number of ketones is 1. The van der Waals surface area contributed by atoms with E-state index in [4.69, 9.17) is 12.2 Å². The highest BCUT2D eigenvalue weighted by Gasteiger charge is 2.04. The summed E-state index contributed by atoms with van der Waals surface area (Å²) in [5.74, 6) is -0.0550. The normalized spacial score (nSPS) is 9.18. The molecule has 1 rings (SSSR count). The van der Waals surface area contributed by atoms with E-state index in [0.29, 0.717) is 10.4 Å². The Balaban J connectivity index is 2.95. The van der Waals surface area contributed by atoms with Crippen molar-refractivity contribution in [3.05, 3.63) is 35.9 Å². The van der Waals surface area contributed by atoms with Crippen molar-refractivity contribution in [1.29, 1.82) is 0 Å². The molecule has 0 spiro atoms. The highest BCUT2D eigenvalue weighted by atomic mass is 32.1. The predicted octanol–water partition coefficient (Wildman–Crippen LogP) is 2.26. The van der Waals surface area contributed by atoms with Crippen LogP contribution < -0.4 is 0 Å². The summed E-state index contributed by atoms with van der Waals surface area (Å²) in [4.78, 5) is 11.6. The molecule has 0 atom stereocenters. The Labute approximate surface area is 71.0 Å². The number of Topliss-reactive ketones (excluding diaryl/α,β-unsaturated/α-hetero) is 1. The second kappa shape index (κ2) is 3.39. The fourth-order valence-corrected chi connectivity index (χ4v) is 0.911. The van der Waals surface area contributed by atoms with Crippen molar-refractivity contribution in [2.24, 2.45) is 0 Å². The van der Waals surface area contributed by atoms with Crippen LogP contribution >= 0.6 is 12.2 Å². The lowest BCUT2D eigenvalue weighted by Crippen LogP contribution is -2.06. The van der Waals surface area contributed by atoms with Crippen molar-refractivity contribution in [2.75, 3.05) is 0 Å². The molecular formula is C9H8OS. The third-order valence-electron chi connectivity index (χ3n) is 1.36. The monoisotopic (exact) mass is 164 g/mol. The molecule has 0 radical (unpaired) electrons. The van der Waals surface area contributed by atoms with Gasteiger partial charge in [-0.1, -0.05) is 42.5 Å². The van der Waals surface area contributed by atoms with Crippen molar-refractivity contribution in [3.63, 3.8) is 0 Å². The van der Waals surface area contributed by atoms with Crippen LogP contribution in [-0.4, -0.2) is 10.6 Å². The Morgan fingerprint density at radius 2 is 1.82 bits per heavy atom. The fraction of sp³-hybridized carbons (Fsp3) is 0.111. The van der Waals surface area contributed by atoms with Crippen LogP contribution in [0.4, 0.5) is 0 Å². The van der Waals surface area contributed by atoms with Crippen molar-refractivity contribution in [1.82, 2.24) is 0 Å². The molecule has 0 fully saturated rings. The first-order valence-corrected chi connectivity index (χ1v) is 3.73. The summed E-state index contributed by atoms with van der Waals surface area (Å²) in [5.41, 5.74) is 0.667. The lowest BCUT2D eigenvalue weighted by molar-refractivity contribution is 0.106. The lowest BCUT2D eigenvalue weighted by atomic mass is 10.1. The van der Waals surface area contributed by atoms with Gasteiger partial charge in [0.25, 0.3) is 0 Å². The second-order valence-corrected chi connectivity index (χ2v) is 2.86. The van der Waals surface area contributed by atoms with Crippen LogP contribution in [0.1, 0.15) is 17.3 Å². The average Bonchev–Trinajstić information content (AvgIpc) is 2.05. The van der Waals surface area contributed by atoms with Crippen LogP contribution in [0.2, 0.25) is 0 Å². The molecule has 1 nitrogen and oxygen atoms in total. The van der Waals surface area contributed by atoms with Crippen molar-refractivity contribution in [3.8, 4) is 0 Å². The van der Waals surface area contributed by atoms with E-state index in [1.54, 1.807) is 19.1 Å². The van der Waals surface area contributed by atoms with Gasteiger partial charge in [0, 0.05) is 5.56 Å².